The molecule has 0 aromatic carbocycles. The highest BCUT2D eigenvalue weighted by molar-refractivity contribution is 5.68. The Hall–Kier alpha value is -1.24. The van der Waals surface area contributed by atoms with Crippen molar-refractivity contribution >= 4 is 6.09 Å². The largest absolute Gasteiger partial charge is 0.444 e. The van der Waals surface area contributed by atoms with E-state index in [-0.39, 0.29) is 12.0 Å². The number of nitrogens with zero attached hydrogens (tertiary/aromatic N) is 1. The molecule has 0 aromatic rings. The maximum Gasteiger partial charge on any atom is 0.407 e. The fraction of sp³-hybridized carbons (Fsp3) is 0.800. The van der Waals surface area contributed by atoms with Gasteiger partial charge in [0.05, 0.1) is 12.0 Å². The third-order valence-corrected chi connectivity index (χ3v) is 2.14. The number of hydrogen-bond acceptors (Lipinski definition) is 3. The lowest BCUT2D eigenvalue weighted by atomic mass is 9.81. The van der Waals surface area contributed by atoms with Gasteiger partial charge in [-0.3, -0.25) is 0 Å². The zero-order valence-corrected chi connectivity index (χ0v) is 8.83. The molecule has 0 aliphatic heterocycles. The number of carbonyl (C=O) groups excluding carboxylic acids is 1. The van der Waals surface area contributed by atoms with Crippen LogP contribution in [0.15, 0.2) is 0 Å². The fourth-order valence-electron chi connectivity index (χ4n) is 1.29. The van der Waals surface area contributed by atoms with E-state index in [1.165, 1.54) is 0 Å². The number of ether oxygens (including phenoxy) is 1. The van der Waals surface area contributed by atoms with Crippen LogP contribution >= 0.6 is 0 Å². The lowest BCUT2D eigenvalue weighted by Crippen LogP contribution is -2.47. The van der Waals surface area contributed by atoms with E-state index >= 15 is 0 Å². The summed E-state index contributed by atoms with van der Waals surface area (Å²) in [4.78, 5) is 11.3. The van der Waals surface area contributed by atoms with Crippen molar-refractivity contribution in [2.24, 2.45) is 5.92 Å². The van der Waals surface area contributed by atoms with E-state index in [4.69, 9.17) is 10.00 Å². The smallest absolute Gasteiger partial charge is 0.407 e. The molecule has 0 bridgehead atoms. The molecule has 78 valence electrons. The van der Waals surface area contributed by atoms with Gasteiger partial charge in [0.25, 0.3) is 0 Å². The number of alkyl carbamates (subject to hydrolysis) is 1. The van der Waals surface area contributed by atoms with Gasteiger partial charge in [-0.15, -0.1) is 0 Å². The second kappa shape index (κ2) is 3.87. The highest BCUT2D eigenvalue weighted by Crippen LogP contribution is 2.26. The molecule has 0 spiro atoms. The van der Waals surface area contributed by atoms with Crippen LogP contribution in [0, 0.1) is 17.2 Å². The van der Waals surface area contributed by atoms with Gasteiger partial charge in [-0.05, 0) is 33.6 Å². The number of amides is 1. The molecule has 2 unspecified atom stereocenters. The van der Waals surface area contributed by atoms with Gasteiger partial charge in [-0.1, -0.05) is 0 Å². The Kier molecular flexibility index (Phi) is 3.00. The van der Waals surface area contributed by atoms with Crippen LogP contribution < -0.4 is 5.32 Å². The quantitative estimate of drug-likeness (QED) is 0.695. The summed E-state index contributed by atoms with van der Waals surface area (Å²) in [7, 11) is 0. The summed E-state index contributed by atoms with van der Waals surface area (Å²) >= 11 is 0. The van der Waals surface area contributed by atoms with Gasteiger partial charge in [-0.2, -0.15) is 5.26 Å². The Morgan fingerprint density at radius 1 is 1.50 bits per heavy atom. The maximum atomic E-state index is 11.3. The minimum absolute atomic E-state index is 0.0187. The van der Waals surface area contributed by atoms with Gasteiger partial charge in [-0.25, -0.2) is 4.79 Å². The van der Waals surface area contributed by atoms with Crippen molar-refractivity contribution in [3.63, 3.8) is 0 Å². The lowest BCUT2D eigenvalue weighted by molar-refractivity contribution is 0.0459. The lowest BCUT2D eigenvalue weighted by Gasteiger charge is -2.32. The monoisotopic (exact) mass is 196 g/mol. The van der Waals surface area contributed by atoms with Gasteiger partial charge in [0.1, 0.15) is 5.60 Å². The third-order valence-electron chi connectivity index (χ3n) is 2.14. The summed E-state index contributed by atoms with van der Waals surface area (Å²) in [6.45, 7) is 5.44. The Balaban J connectivity index is 2.32. The molecule has 0 heterocycles. The van der Waals surface area contributed by atoms with Crippen LogP contribution in [0.5, 0.6) is 0 Å². The van der Waals surface area contributed by atoms with E-state index in [0.717, 1.165) is 12.8 Å². The third kappa shape index (κ3) is 2.91. The van der Waals surface area contributed by atoms with E-state index in [9.17, 15) is 4.79 Å². The van der Waals surface area contributed by atoms with E-state index < -0.39 is 11.7 Å². The molecule has 0 radical (unpaired) electrons. The van der Waals surface area contributed by atoms with Crippen LogP contribution in [0.1, 0.15) is 33.6 Å². The van der Waals surface area contributed by atoms with Crippen molar-refractivity contribution < 1.29 is 9.53 Å². The molecule has 1 amide bonds. The molecule has 1 aliphatic rings. The van der Waals surface area contributed by atoms with Crippen LogP contribution in [0.25, 0.3) is 0 Å². The summed E-state index contributed by atoms with van der Waals surface area (Å²) in [5.74, 6) is -0.0393. The molecular formula is C10H16N2O2. The molecule has 1 aliphatic carbocycles. The van der Waals surface area contributed by atoms with Crippen LogP contribution in [0.4, 0.5) is 4.79 Å². The molecule has 0 aromatic heterocycles. The van der Waals surface area contributed by atoms with Crippen molar-refractivity contribution in [2.75, 3.05) is 0 Å². The van der Waals surface area contributed by atoms with E-state index in [1.54, 1.807) is 0 Å². The van der Waals surface area contributed by atoms with Crippen molar-refractivity contribution in [1.29, 1.82) is 5.26 Å². The summed E-state index contributed by atoms with van der Waals surface area (Å²) in [5.41, 5.74) is -0.476. The van der Waals surface area contributed by atoms with Crippen molar-refractivity contribution in [3.05, 3.63) is 0 Å². The van der Waals surface area contributed by atoms with Gasteiger partial charge in [0, 0.05) is 6.04 Å². The van der Waals surface area contributed by atoms with Gasteiger partial charge in [0.2, 0.25) is 0 Å². The summed E-state index contributed by atoms with van der Waals surface area (Å²) in [6.07, 6.45) is 1.32. The zero-order chi connectivity index (χ0) is 10.8. The summed E-state index contributed by atoms with van der Waals surface area (Å²) in [6, 6.07) is 2.13. The number of carbonyl (C=O) groups is 1. The minimum atomic E-state index is -0.476. The Morgan fingerprint density at radius 2 is 2.14 bits per heavy atom. The van der Waals surface area contributed by atoms with Crippen LogP contribution in [-0.4, -0.2) is 17.7 Å². The predicted octanol–water partition coefficient (Wildman–Crippen LogP) is 1.81. The first-order chi connectivity index (χ1) is 6.42. The molecule has 1 saturated carbocycles. The standard InChI is InChI=1S/C10H16N2O2/c1-10(2,3)14-9(13)12-8-5-4-7(8)6-11/h7-8H,4-5H2,1-3H3,(H,12,13). The van der Waals surface area contributed by atoms with Crippen LogP contribution in [0.2, 0.25) is 0 Å². The molecule has 1 rings (SSSR count). The predicted molar refractivity (Wildman–Crippen MR) is 51.5 cm³/mol. The molecule has 1 N–H and O–H groups in total. The van der Waals surface area contributed by atoms with Crippen LogP contribution in [0.3, 0.4) is 0 Å². The topological polar surface area (TPSA) is 62.1 Å². The van der Waals surface area contributed by atoms with Gasteiger partial charge in [0.15, 0.2) is 0 Å². The van der Waals surface area contributed by atoms with E-state index in [2.05, 4.69) is 11.4 Å². The molecule has 2 atom stereocenters. The van der Waals surface area contributed by atoms with Crippen molar-refractivity contribution in [1.82, 2.24) is 5.32 Å². The molecule has 1 fully saturated rings. The number of hydrogen-bond donors (Lipinski definition) is 1. The van der Waals surface area contributed by atoms with E-state index in [0.29, 0.717) is 0 Å². The number of rotatable bonds is 1. The second-order valence-electron chi connectivity index (χ2n) is 4.57. The molecule has 14 heavy (non-hydrogen) atoms. The number of nitrogens with one attached hydrogen (secondary N) is 1. The molecule has 4 nitrogen and oxygen atoms in total. The van der Waals surface area contributed by atoms with Crippen molar-refractivity contribution in [3.8, 4) is 6.07 Å². The van der Waals surface area contributed by atoms with E-state index in [1.807, 2.05) is 20.8 Å². The molecule has 0 saturated heterocycles. The van der Waals surface area contributed by atoms with Crippen molar-refractivity contribution in [2.45, 2.75) is 45.3 Å². The molecular weight excluding hydrogens is 180 g/mol. The highest BCUT2D eigenvalue weighted by Gasteiger charge is 2.33. The average molecular weight is 196 g/mol. The van der Waals surface area contributed by atoms with Gasteiger partial charge < -0.3 is 10.1 Å². The summed E-state index contributed by atoms with van der Waals surface area (Å²) < 4.78 is 5.08. The Bertz CT molecular complexity index is 262. The minimum Gasteiger partial charge on any atom is -0.444 e. The van der Waals surface area contributed by atoms with Gasteiger partial charge >= 0.3 is 6.09 Å². The normalized spacial score (nSPS) is 25.9. The fourth-order valence-corrected chi connectivity index (χ4v) is 1.29. The summed E-state index contributed by atoms with van der Waals surface area (Å²) in [5, 5.41) is 11.4. The Morgan fingerprint density at radius 3 is 2.50 bits per heavy atom. The first kappa shape index (κ1) is 10.8. The first-order valence-corrected chi connectivity index (χ1v) is 4.81. The SMILES string of the molecule is CC(C)(C)OC(=O)NC1CCC1C#N. The second-order valence-corrected chi connectivity index (χ2v) is 4.57. The zero-order valence-electron chi connectivity index (χ0n) is 8.83. The van der Waals surface area contributed by atoms with Crippen LogP contribution in [-0.2, 0) is 4.74 Å². The highest BCUT2D eigenvalue weighted by atomic mass is 16.6. The molecule has 4 heteroatoms. The maximum absolute atomic E-state index is 11.3. The number of nitriles is 1. The first-order valence-electron chi connectivity index (χ1n) is 4.81. The average Bonchev–Trinajstić information content (AvgIpc) is 1.96. The Labute approximate surface area is 84.2 Å².